The van der Waals surface area contributed by atoms with E-state index in [0.29, 0.717) is 13.0 Å². The molecule has 4 nitrogen and oxygen atoms in total. The van der Waals surface area contributed by atoms with Crippen molar-refractivity contribution in [3.8, 4) is 6.26 Å². The predicted octanol–water partition coefficient (Wildman–Crippen LogP) is 2.20. The van der Waals surface area contributed by atoms with Gasteiger partial charge in [0.1, 0.15) is 11.2 Å². The molecule has 4 heteroatoms. The quantitative estimate of drug-likeness (QED) is 0.492. The van der Waals surface area contributed by atoms with Crippen LogP contribution in [0.3, 0.4) is 0 Å². The van der Waals surface area contributed by atoms with E-state index in [0.717, 1.165) is 0 Å². The zero-order valence-electron chi connectivity index (χ0n) is 10.4. The Morgan fingerprint density at radius 2 is 2.00 bits per heavy atom. The van der Waals surface area contributed by atoms with Crippen LogP contribution in [-0.2, 0) is 14.3 Å². The van der Waals surface area contributed by atoms with E-state index in [1.165, 1.54) is 6.08 Å². The maximum atomic E-state index is 11.4. The lowest BCUT2D eigenvalue weighted by molar-refractivity contribution is -0.136. The van der Waals surface area contributed by atoms with Crippen molar-refractivity contribution in [1.29, 1.82) is 5.26 Å². The number of nitriles is 1. The van der Waals surface area contributed by atoms with Gasteiger partial charge in [0.25, 0.3) is 6.26 Å². The molecule has 0 fully saturated rings. The molecule has 0 aliphatic heterocycles. The molecule has 0 N–H and O–H groups in total. The van der Waals surface area contributed by atoms with Crippen molar-refractivity contribution in [1.82, 2.24) is 0 Å². The van der Waals surface area contributed by atoms with Gasteiger partial charge < -0.3 is 9.47 Å². The van der Waals surface area contributed by atoms with E-state index < -0.39 is 11.2 Å². The van der Waals surface area contributed by atoms with E-state index in [4.69, 9.17) is 14.7 Å². The summed E-state index contributed by atoms with van der Waals surface area (Å²) >= 11 is 0. The van der Waals surface area contributed by atoms with E-state index >= 15 is 0 Å². The van der Waals surface area contributed by atoms with Crippen LogP contribution in [0, 0.1) is 11.5 Å². The van der Waals surface area contributed by atoms with Crippen molar-refractivity contribution in [2.45, 2.75) is 45.3 Å². The molecule has 0 radical (unpaired) electrons. The molecular formula is C12H19NO3. The molecule has 0 amide bonds. The van der Waals surface area contributed by atoms with Crippen molar-refractivity contribution in [2.75, 3.05) is 6.61 Å². The van der Waals surface area contributed by atoms with Crippen LogP contribution in [0.4, 0.5) is 0 Å². The van der Waals surface area contributed by atoms with Gasteiger partial charge in [-0.3, -0.25) is 4.79 Å². The number of ketones is 1. The normalized spacial score (nSPS) is 11.7. The summed E-state index contributed by atoms with van der Waals surface area (Å²) in [5.41, 5.74) is -1.44. The molecule has 0 bridgehead atoms. The summed E-state index contributed by atoms with van der Waals surface area (Å²) < 4.78 is 10.3. The molecule has 0 saturated heterocycles. The first-order chi connectivity index (χ1) is 7.25. The molecule has 0 aromatic heterocycles. The van der Waals surface area contributed by atoms with Crippen LogP contribution in [-0.4, -0.2) is 23.6 Å². The van der Waals surface area contributed by atoms with Crippen molar-refractivity contribution in [3.63, 3.8) is 0 Å². The molecule has 0 rings (SSSR count). The van der Waals surface area contributed by atoms with Crippen LogP contribution in [0.5, 0.6) is 0 Å². The molecule has 0 aromatic rings. The van der Waals surface area contributed by atoms with Gasteiger partial charge in [-0.25, -0.2) is 0 Å². The number of ether oxygens (including phenoxy) is 2. The number of nitrogens with zero attached hydrogens (tertiary/aromatic N) is 1. The number of hydrogen-bond acceptors (Lipinski definition) is 4. The van der Waals surface area contributed by atoms with Gasteiger partial charge >= 0.3 is 0 Å². The standard InChI is InChI=1S/C12H19NO3/c1-6-10(14)12(4,5)15-8-7-11(2,3)16-9-13/h6H,1,7-8H2,2-5H3. The zero-order valence-corrected chi connectivity index (χ0v) is 10.4. The van der Waals surface area contributed by atoms with Gasteiger partial charge in [-0.1, -0.05) is 6.58 Å². The lowest BCUT2D eigenvalue weighted by atomic mass is 10.0. The first-order valence-electron chi connectivity index (χ1n) is 5.13. The maximum Gasteiger partial charge on any atom is 0.286 e. The van der Waals surface area contributed by atoms with Crippen molar-refractivity contribution < 1.29 is 14.3 Å². The van der Waals surface area contributed by atoms with E-state index in [9.17, 15) is 4.79 Å². The summed E-state index contributed by atoms with van der Waals surface area (Å²) in [5, 5.41) is 8.41. The Morgan fingerprint density at radius 3 is 2.44 bits per heavy atom. The van der Waals surface area contributed by atoms with Gasteiger partial charge in [-0.05, 0) is 33.8 Å². The molecule has 0 saturated carbocycles. The van der Waals surface area contributed by atoms with Gasteiger partial charge in [0, 0.05) is 6.42 Å². The first-order valence-corrected chi connectivity index (χ1v) is 5.13. The third kappa shape index (κ3) is 4.94. The molecule has 0 aliphatic carbocycles. The minimum Gasteiger partial charge on any atom is -0.421 e. The summed E-state index contributed by atoms with van der Waals surface area (Å²) in [5.74, 6) is -0.161. The summed E-state index contributed by atoms with van der Waals surface area (Å²) in [6, 6.07) is 0. The fraction of sp³-hybridized carbons (Fsp3) is 0.667. The summed E-state index contributed by atoms with van der Waals surface area (Å²) in [6.45, 7) is 10.7. The molecule has 0 heterocycles. The number of rotatable bonds is 7. The maximum absolute atomic E-state index is 11.4. The lowest BCUT2D eigenvalue weighted by Crippen LogP contribution is -2.35. The van der Waals surface area contributed by atoms with Crippen LogP contribution in [0.15, 0.2) is 12.7 Å². The van der Waals surface area contributed by atoms with Gasteiger partial charge in [0.2, 0.25) is 0 Å². The minimum atomic E-state index is -0.871. The van der Waals surface area contributed by atoms with Gasteiger partial charge in [0.15, 0.2) is 5.78 Å². The van der Waals surface area contributed by atoms with Crippen LogP contribution in [0.1, 0.15) is 34.1 Å². The highest BCUT2D eigenvalue weighted by Crippen LogP contribution is 2.17. The summed E-state index contributed by atoms with van der Waals surface area (Å²) in [7, 11) is 0. The molecule has 16 heavy (non-hydrogen) atoms. The minimum absolute atomic E-state index is 0.161. The lowest BCUT2D eigenvalue weighted by Gasteiger charge is -2.26. The van der Waals surface area contributed by atoms with Crippen molar-refractivity contribution >= 4 is 5.78 Å². The molecule has 0 aliphatic rings. The Hall–Kier alpha value is -1.34. The van der Waals surface area contributed by atoms with Crippen molar-refractivity contribution in [3.05, 3.63) is 12.7 Å². The second-order valence-electron chi connectivity index (χ2n) is 4.63. The molecule has 0 aromatic carbocycles. The summed E-state index contributed by atoms with van der Waals surface area (Å²) in [6.07, 6.45) is 3.43. The monoisotopic (exact) mass is 225 g/mol. The number of hydrogen-bond donors (Lipinski definition) is 0. The largest absolute Gasteiger partial charge is 0.421 e. The second-order valence-corrected chi connectivity index (χ2v) is 4.63. The fourth-order valence-electron chi connectivity index (χ4n) is 1.04. The Balaban J connectivity index is 4.13. The number of carbonyl (C=O) groups excluding carboxylic acids is 1. The van der Waals surface area contributed by atoms with Crippen molar-refractivity contribution in [2.24, 2.45) is 0 Å². The topological polar surface area (TPSA) is 59.3 Å². The molecule has 0 atom stereocenters. The first kappa shape index (κ1) is 14.7. The molecule has 0 unspecified atom stereocenters. The van der Waals surface area contributed by atoms with E-state index in [-0.39, 0.29) is 5.78 Å². The Kier molecular flexibility index (Phi) is 5.19. The van der Waals surface area contributed by atoms with E-state index in [1.807, 2.05) is 0 Å². The zero-order chi connectivity index (χ0) is 12.8. The molecule has 90 valence electrons. The SMILES string of the molecule is C=CC(=O)C(C)(C)OCCC(C)(C)OC#N. The van der Waals surface area contributed by atoms with Gasteiger partial charge in [-0.2, -0.15) is 5.26 Å². The average Bonchev–Trinajstić information content (AvgIpc) is 2.15. The van der Waals surface area contributed by atoms with Gasteiger partial charge in [0.05, 0.1) is 6.61 Å². The fourth-order valence-corrected chi connectivity index (χ4v) is 1.04. The van der Waals surface area contributed by atoms with Crippen LogP contribution >= 0.6 is 0 Å². The molecule has 0 spiro atoms. The highest BCUT2D eigenvalue weighted by Gasteiger charge is 2.27. The van der Waals surface area contributed by atoms with Crippen LogP contribution < -0.4 is 0 Å². The Labute approximate surface area is 96.8 Å². The second kappa shape index (κ2) is 5.66. The smallest absolute Gasteiger partial charge is 0.286 e. The van der Waals surface area contributed by atoms with E-state index in [1.54, 1.807) is 34.0 Å². The Bertz CT molecular complexity index is 300. The van der Waals surface area contributed by atoms with Crippen LogP contribution in [0.2, 0.25) is 0 Å². The van der Waals surface area contributed by atoms with E-state index in [2.05, 4.69) is 6.58 Å². The number of carbonyl (C=O) groups is 1. The third-order valence-corrected chi connectivity index (χ3v) is 2.27. The van der Waals surface area contributed by atoms with Crippen LogP contribution in [0.25, 0.3) is 0 Å². The highest BCUT2D eigenvalue weighted by molar-refractivity contribution is 5.95. The molecular weight excluding hydrogens is 206 g/mol. The van der Waals surface area contributed by atoms with Gasteiger partial charge in [-0.15, -0.1) is 0 Å². The average molecular weight is 225 g/mol. The highest BCUT2D eigenvalue weighted by atomic mass is 16.5. The Morgan fingerprint density at radius 1 is 1.44 bits per heavy atom. The third-order valence-electron chi connectivity index (χ3n) is 2.27. The predicted molar refractivity (Wildman–Crippen MR) is 60.6 cm³/mol. The summed E-state index contributed by atoms with van der Waals surface area (Å²) in [4.78, 5) is 11.4.